The first-order chi connectivity index (χ1) is 10.2. The molecule has 0 spiro atoms. The van der Waals surface area contributed by atoms with Gasteiger partial charge in [-0.15, -0.1) is 0 Å². The van der Waals surface area contributed by atoms with Crippen LogP contribution in [0.25, 0.3) is 0 Å². The predicted molar refractivity (Wildman–Crippen MR) is 91.3 cm³/mol. The Bertz CT molecular complexity index is 429. The molecule has 0 saturated heterocycles. The third-order valence-corrected chi connectivity index (χ3v) is 4.35. The van der Waals surface area contributed by atoms with Gasteiger partial charge in [0.1, 0.15) is 0 Å². The van der Waals surface area contributed by atoms with E-state index < -0.39 is 0 Å². The minimum absolute atomic E-state index is 0.268. The quantitative estimate of drug-likeness (QED) is 0.818. The van der Waals surface area contributed by atoms with Crippen LogP contribution in [-0.2, 0) is 0 Å². The monoisotopic (exact) mass is 306 g/mol. The van der Waals surface area contributed by atoms with E-state index in [4.69, 9.17) is 12.2 Å². The van der Waals surface area contributed by atoms with Gasteiger partial charge in [-0.05, 0) is 50.8 Å². The topological polar surface area (TPSA) is 40.2 Å². The zero-order valence-corrected chi connectivity index (χ0v) is 13.8. The Morgan fingerprint density at radius 1 is 1.38 bits per heavy atom. The van der Waals surface area contributed by atoms with Gasteiger partial charge in [0.05, 0.1) is 6.04 Å². The molecule has 1 aromatic rings. The molecule has 1 heterocycles. The summed E-state index contributed by atoms with van der Waals surface area (Å²) < 4.78 is 0. The van der Waals surface area contributed by atoms with Crippen molar-refractivity contribution in [1.82, 2.24) is 20.5 Å². The van der Waals surface area contributed by atoms with Crippen molar-refractivity contribution < 1.29 is 0 Å². The predicted octanol–water partition coefficient (Wildman–Crippen LogP) is 2.48. The van der Waals surface area contributed by atoms with E-state index in [2.05, 4.69) is 40.7 Å². The molecular formula is C16H26N4S. The molecule has 1 fully saturated rings. The SMILES string of the molecule is CN(C)[C@@H](CNC(=S)NC1CCCCC1)c1cccnc1. The molecule has 0 aromatic carbocycles. The smallest absolute Gasteiger partial charge is 0.166 e. The van der Waals surface area contributed by atoms with Crippen LogP contribution < -0.4 is 10.6 Å². The highest BCUT2D eigenvalue weighted by Gasteiger charge is 2.17. The first-order valence-corrected chi connectivity index (χ1v) is 8.18. The lowest BCUT2D eigenvalue weighted by Crippen LogP contribution is -2.45. The summed E-state index contributed by atoms with van der Waals surface area (Å²) in [5.41, 5.74) is 1.20. The lowest BCUT2D eigenvalue weighted by atomic mass is 9.96. The third-order valence-electron chi connectivity index (χ3n) is 4.09. The number of nitrogens with zero attached hydrogens (tertiary/aromatic N) is 2. The zero-order chi connectivity index (χ0) is 15.1. The summed E-state index contributed by atoms with van der Waals surface area (Å²) in [6.07, 6.45) is 10.2. The maximum atomic E-state index is 5.43. The number of aromatic nitrogens is 1. The molecule has 2 N–H and O–H groups in total. The van der Waals surface area contributed by atoms with Crippen molar-refractivity contribution in [1.29, 1.82) is 0 Å². The Balaban J connectivity index is 1.82. The zero-order valence-electron chi connectivity index (χ0n) is 13.0. The normalized spacial score (nSPS) is 17.5. The molecule has 0 aliphatic heterocycles. The number of hydrogen-bond acceptors (Lipinski definition) is 3. The standard InChI is InChI=1S/C16H26N4S/c1-20(2)15(13-7-6-10-17-11-13)12-18-16(21)19-14-8-4-3-5-9-14/h6-7,10-11,14-15H,3-5,8-9,12H2,1-2H3,(H2,18,19,21)/t15-/m0/s1. The molecule has 1 aliphatic carbocycles. The minimum Gasteiger partial charge on any atom is -0.361 e. The van der Waals surface area contributed by atoms with Gasteiger partial charge in [-0.1, -0.05) is 25.3 Å². The summed E-state index contributed by atoms with van der Waals surface area (Å²) in [6.45, 7) is 0.789. The molecule has 1 aliphatic rings. The van der Waals surface area contributed by atoms with Crippen LogP contribution in [0, 0.1) is 0 Å². The Kier molecular flexibility index (Phi) is 6.39. The summed E-state index contributed by atoms with van der Waals surface area (Å²) in [7, 11) is 4.16. The van der Waals surface area contributed by atoms with E-state index in [-0.39, 0.29) is 6.04 Å². The van der Waals surface area contributed by atoms with E-state index in [1.165, 1.54) is 37.7 Å². The van der Waals surface area contributed by atoms with E-state index in [1.807, 2.05) is 12.3 Å². The van der Waals surface area contributed by atoms with Crippen molar-refractivity contribution in [3.05, 3.63) is 30.1 Å². The second-order valence-corrected chi connectivity index (χ2v) is 6.36. The van der Waals surface area contributed by atoms with Gasteiger partial charge in [0.25, 0.3) is 0 Å². The highest BCUT2D eigenvalue weighted by Crippen LogP contribution is 2.18. The second-order valence-electron chi connectivity index (χ2n) is 5.96. The lowest BCUT2D eigenvalue weighted by molar-refractivity contribution is 0.297. The van der Waals surface area contributed by atoms with Gasteiger partial charge < -0.3 is 15.5 Å². The molecule has 4 nitrogen and oxygen atoms in total. The van der Waals surface area contributed by atoms with E-state index in [1.54, 1.807) is 6.20 Å². The summed E-state index contributed by atoms with van der Waals surface area (Å²) in [6, 6.07) is 4.90. The van der Waals surface area contributed by atoms with Gasteiger partial charge in [-0.2, -0.15) is 0 Å². The molecular weight excluding hydrogens is 280 g/mol. The van der Waals surface area contributed by atoms with Crippen molar-refractivity contribution in [3.8, 4) is 0 Å². The average Bonchev–Trinajstić information content (AvgIpc) is 2.49. The van der Waals surface area contributed by atoms with Crippen molar-refractivity contribution >= 4 is 17.3 Å². The number of thiocarbonyl (C=S) groups is 1. The van der Waals surface area contributed by atoms with Crippen molar-refractivity contribution in [3.63, 3.8) is 0 Å². The second kappa shape index (κ2) is 8.29. The summed E-state index contributed by atoms with van der Waals surface area (Å²) in [5.74, 6) is 0. The van der Waals surface area contributed by atoms with Gasteiger partial charge in [0.2, 0.25) is 0 Å². The van der Waals surface area contributed by atoms with E-state index in [0.29, 0.717) is 6.04 Å². The highest BCUT2D eigenvalue weighted by molar-refractivity contribution is 7.80. The van der Waals surface area contributed by atoms with Gasteiger partial charge in [0, 0.05) is 25.0 Å². The van der Waals surface area contributed by atoms with Crippen LogP contribution in [0.1, 0.15) is 43.7 Å². The van der Waals surface area contributed by atoms with Crippen LogP contribution in [0.5, 0.6) is 0 Å². The van der Waals surface area contributed by atoms with Crippen LogP contribution in [-0.4, -0.2) is 41.7 Å². The van der Waals surface area contributed by atoms with Crippen LogP contribution in [0.15, 0.2) is 24.5 Å². The van der Waals surface area contributed by atoms with Gasteiger partial charge >= 0.3 is 0 Å². The largest absolute Gasteiger partial charge is 0.361 e. The molecule has 1 aromatic heterocycles. The summed E-state index contributed by atoms with van der Waals surface area (Å²) in [5, 5.41) is 7.59. The fourth-order valence-electron chi connectivity index (χ4n) is 2.84. The maximum absolute atomic E-state index is 5.43. The number of hydrogen-bond donors (Lipinski definition) is 2. The minimum atomic E-state index is 0.268. The van der Waals surface area contributed by atoms with Crippen LogP contribution in [0.3, 0.4) is 0 Å². The fraction of sp³-hybridized carbons (Fsp3) is 0.625. The molecule has 0 amide bonds. The van der Waals surface area contributed by atoms with E-state index in [9.17, 15) is 0 Å². The fourth-order valence-corrected chi connectivity index (χ4v) is 3.09. The van der Waals surface area contributed by atoms with E-state index >= 15 is 0 Å². The Morgan fingerprint density at radius 2 is 2.14 bits per heavy atom. The average molecular weight is 306 g/mol. The number of pyridine rings is 1. The maximum Gasteiger partial charge on any atom is 0.166 e. The lowest BCUT2D eigenvalue weighted by Gasteiger charge is -2.28. The molecule has 2 rings (SSSR count). The molecule has 21 heavy (non-hydrogen) atoms. The van der Waals surface area contributed by atoms with Gasteiger partial charge in [-0.3, -0.25) is 4.98 Å². The van der Waals surface area contributed by atoms with Crippen LogP contribution in [0.4, 0.5) is 0 Å². The molecule has 0 unspecified atom stereocenters. The molecule has 116 valence electrons. The summed E-state index contributed by atoms with van der Waals surface area (Å²) in [4.78, 5) is 6.39. The van der Waals surface area contributed by atoms with Gasteiger partial charge in [0.15, 0.2) is 5.11 Å². The molecule has 1 saturated carbocycles. The van der Waals surface area contributed by atoms with Crippen molar-refractivity contribution in [2.75, 3.05) is 20.6 Å². The molecule has 1 atom stereocenters. The van der Waals surface area contributed by atoms with Crippen molar-refractivity contribution in [2.45, 2.75) is 44.2 Å². The molecule has 0 bridgehead atoms. The summed E-state index contributed by atoms with van der Waals surface area (Å²) >= 11 is 5.43. The van der Waals surface area contributed by atoms with Gasteiger partial charge in [-0.25, -0.2) is 0 Å². The third kappa shape index (κ3) is 5.25. The van der Waals surface area contributed by atoms with Crippen LogP contribution >= 0.6 is 12.2 Å². The van der Waals surface area contributed by atoms with Crippen LogP contribution in [0.2, 0.25) is 0 Å². The number of rotatable bonds is 5. The first kappa shape index (κ1) is 16.2. The van der Waals surface area contributed by atoms with E-state index in [0.717, 1.165) is 11.7 Å². The Hall–Kier alpha value is -1.20. The van der Waals surface area contributed by atoms with Crippen molar-refractivity contribution in [2.24, 2.45) is 0 Å². The first-order valence-electron chi connectivity index (χ1n) is 7.77. The number of likely N-dealkylation sites (N-methyl/N-ethyl adjacent to an activating group) is 1. The molecule has 0 radical (unpaired) electrons. The number of nitrogens with one attached hydrogen (secondary N) is 2. The Labute approximate surface area is 133 Å². The highest BCUT2D eigenvalue weighted by atomic mass is 32.1. The molecule has 5 heteroatoms. The Morgan fingerprint density at radius 3 is 2.76 bits per heavy atom.